The molecule has 0 atom stereocenters. The average molecular weight is 318 g/mol. The summed E-state index contributed by atoms with van der Waals surface area (Å²) in [4.78, 5) is 4.49. The molecule has 1 aromatic heterocycles. The van der Waals surface area contributed by atoms with Crippen LogP contribution in [0.25, 0.3) is 22.6 Å². The van der Waals surface area contributed by atoms with Crippen LogP contribution in [0.1, 0.15) is 11.1 Å². The second-order valence-electron chi connectivity index (χ2n) is 4.39. The summed E-state index contributed by atoms with van der Waals surface area (Å²) in [7, 11) is 0. The molecule has 3 aromatic rings. The topological polar surface area (TPSA) is 46.3 Å². The Morgan fingerprint density at radius 3 is 2.89 bits per heavy atom. The smallest absolute Gasteiger partial charge is 0.227 e. The third-order valence-corrected chi connectivity index (χ3v) is 3.99. The highest BCUT2D eigenvalue weighted by Crippen LogP contribution is 2.30. The number of benzene rings is 2. The normalized spacial score (nSPS) is 11.1. The molecule has 1 heterocycles. The van der Waals surface area contributed by atoms with Crippen LogP contribution < -0.4 is 0 Å². The predicted octanol–water partition coefficient (Wildman–Crippen LogP) is 4.06. The molecule has 19 heavy (non-hydrogen) atoms. The highest BCUT2D eigenvalue weighted by atomic mass is 79.9. The minimum Gasteiger partial charge on any atom is -0.436 e. The standard InChI is InChI=1S/C15H12BrNO2/c1-9-11(3-2-4-12(9)16)15-17-13-7-10(8-18)5-6-14(13)19-15/h2-7,18H,8H2,1H3. The highest BCUT2D eigenvalue weighted by molar-refractivity contribution is 9.10. The summed E-state index contributed by atoms with van der Waals surface area (Å²) in [6.45, 7) is 2.03. The fourth-order valence-corrected chi connectivity index (χ4v) is 2.39. The summed E-state index contributed by atoms with van der Waals surface area (Å²) in [5, 5.41) is 9.14. The van der Waals surface area contributed by atoms with E-state index in [1.807, 2.05) is 43.3 Å². The lowest BCUT2D eigenvalue weighted by Crippen LogP contribution is -1.84. The number of hydrogen-bond acceptors (Lipinski definition) is 3. The summed E-state index contributed by atoms with van der Waals surface area (Å²) in [5.41, 5.74) is 4.39. The second kappa shape index (κ2) is 4.79. The molecular weight excluding hydrogens is 306 g/mol. The summed E-state index contributed by atoms with van der Waals surface area (Å²) in [5.74, 6) is 0.601. The molecule has 0 aliphatic heterocycles. The molecule has 0 spiro atoms. The lowest BCUT2D eigenvalue weighted by molar-refractivity contribution is 0.282. The number of oxazole rings is 1. The van der Waals surface area contributed by atoms with Gasteiger partial charge in [-0.3, -0.25) is 0 Å². The molecule has 2 aromatic carbocycles. The molecule has 0 aliphatic carbocycles. The molecule has 0 aliphatic rings. The van der Waals surface area contributed by atoms with E-state index in [1.54, 1.807) is 0 Å². The Morgan fingerprint density at radius 2 is 2.11 bits per heavy atom. The SMILES string of the molecule is Cc1c(Br)cccc1-c1nc2cc(CO)ccc2o1. The molecule has 0 saturated carbocycles. The third kappa shape index (κ3) is 2.17. The molecule has 0 amide bonds. The van der Waals surface area contributed by atoms with Gasteiger partial charge in [0.2, 0.25) is 5.89 Å². The van der Waals surface area contributed by atoms with Gasteiger partial charge in [-0.2, -0.15) is 0 Å². The van der Waals surface area contributed by atoms with Crippen LogP contribution in [0.4, 0.5) is 0 Å². The zero-order chi connectivity index (χ0) is 13.4. The summed E-state index contributed by atoms with van der Waals surface area (Å²) < 4.78 is 6.81. The number of halogens is 1. The van der Waals surface area contributed by atoms with Gasteiger partial charge in [0, 0.05) is 10.0 Å². The first-order valence-electron chi connectivity index (χ1n) is 5.95. The van der Waals surface area contributed by atoms with E-state index in [2.05, 4.69) is 20.9 Å². The van der Waals surface area contributed by atoms with Gasteiger partial charge in [-0.15, -0.1) is 0 Å². The van der Waals surface area contributed by atoms with Crippen molar-refractivity contribution in [2.45, 2.75) is 13.5 Å². The summed E-state index contributed by atoms with van der Waals surface area (Å²) in [6.07, 6.45) is 0. The molecule has 0 bridgehead atoms. The van der Waals surface area contributed by atoms with Gasteiger partial charge in [0.1, 0.15) is 5.52 Å². The first kappa shape index (κ1) is 12.4. The Morgan fingerprint density at radius 1 is 1.26 bits per heavy atom. The molecule has 0 unspecified atom stereocenters. The van der Waals surface area contributed by atoms with E-state index in [0.29, 0.717) is 5.89 Å². The van der Waals surface area contributed by atoms with E-state index in [-0.39, 0.29) is 6.61 Å². The van der Waals surface area contributed by atoms with E-state index >= 15 is 0 Å². The van der Waals surface area contributed by atoms with Gasteiger partial charge in [-0.1, -0.05) is 28.1 Å². The zero-order valence-corrected chi connectivity index (χ0v) is 11.9. The first-order valence-corrected chi connectivity index (χ1v) is 6.74. The zero-order valence-electron chi connectivity index (χ0n) is 10.4. The molecule has 0 fully saturated rings. The fraction of sp³-hybridized carbons (Fsp3) is 0.133. The van der Waals surface area contributed by atoms with Gasteiger partial charge in [0.05, 0.1) is 6.61 Å². The van der Waals surface area contributed by atoms with E-state index < -0.39 is 0 Å². The number of hydrogen-bond donors (Lipinski definition) is 1. The second-order valence-corrected chi connectivity index (χ2v) is 5.25. The van der Waals surface area contributed by atoms with Crippen LogP contribution in [0.2, 0.25) is 0 Å². The Kier molecular flexibility index (Phi) is 3.12. The van der Waals surface area contributed by atoms with Crippen LogP contribution in [0.15, 0.2) is 45.3 Å². The van der Waals surface area contributed by atoms with Gasteiger partial charge in [-0.25, -0.2) is 4.98 Å². The van der Waals surface area contributed by atoms with Crippen LogP contribution in [0.5, 0.6) is 0 Å². The van der Waals surface area contributed by atoms with Gasteiger partial charge < -0.3 is 9.52 Å². The number of nitrogens with zero attached hydrogens (tertiary/aromatic N) is 1. The molecule has 0 saturated heterocycles. The van der Waals surface area contributed by atoms with E-state index in [1.165, 1.54) is 0 Å². The third-order valence-electron chi connectivity index (χ3n) is 3.13. The van der Waals surface area contributed by atoms with Gasteiger partial charge >= 0.3 is 0 Å². The van der Waals surface area contributed by atoms with Crippen molar-refractivity contribution in [1.29, 1.82) is 0 Å². The van der Waals surface area contributed by atoms with Crippen molar-refractivity contribution in [2.24, 2.45) is 0 Å². The van der Waals surface area contributed by atoms with Gasteiger partial charge in [0.15, 0.2) is 5.58 Å². The number of fused-ring (bicyclic) bond motifs is 1. The lowest BCUT2D eigenvalue weighted by atomic mass is 10.1. The molecule has 4 heteroatoms. The van der Waals surface area contributed by atoms with Gasteiger partial charge in [-0.05, 0) is 42.3 Å². The van der Waals surface area contributed by atoms with E-state index in [0.717, 1.165) is 32.3 Å². The molecule has 3 nitrogen and oxygen atoms in total. The van der Waals surface area contributed by atoms with Crippen molar-refractivity contribution in [2.75, 3.05) is 0 Å². The van der Waals surface area contributed by atoms with Crippen molar-refractivity contribution in [3.05, 3.63) is 52.0 Å². The Bertz CT molecular complexity index is 749. The number of aromatic nitrogens is 1. The Hall–Kier alpha value is -1.65. The van der Waals surface area contributed by atoms with Crippen LogP contribution in [-0.4, -0.2) is 10.1 Å². The summed E-state index contributed by atoms with van der Waals surface area (Å²) in [6, 6.07) is 11.5. The monoisotopic (exact) mass is 317 g/mol. The molecular formula is C15H12BrNO2. The lowest BCUT2D eigenvalue weighted by Gasteiger charge is -2.02. The summed E-state index contributed by atoms with van der Waals surface area (Å²) >= 11 is 3.51. The highest BCUT2D eigenvalue weighted by Gasteiger charge is 2.12. The number of rotatable bonds is 2. The Labute approximate surface area is 119 Å². The van der Waals surface area contributed by atoms with Crippen molar-refractivity contribution in [3.8, 4) is 11.5 Å². The van der Waals surface area contributed by atoms with Crippen LogP contribution in [0.3, 0.4) is 0 Å². The molecule has 1 N–H and O–H groups in total. The van der Waals surface area contributed by atoms with Crippen molar-refractivity contribution >= 4 is 27.0 Å². The maximum absolute atomic E-state index is 9.14. The van der Waals surface area contributed by atoms with Crippen LogP contribution >= 0.6 is 15.9 Å². The first-order chi connectivity index (χ1) is 9.19. The van der Waals surface area contributed by atoms with E-state index in [9.17, 15) is 0 Å². The largest absolute Gasteiger partial charge is 0.436 e. The predicted molar refractivity (Wildman–Crippen MR) is 77.8 cm³/mol. The van der Waals surface area contributed by atoms with Crippen LogP contribution in [-0.2, 0) is 6.61 Å². The number of aliphatic hydroxyl groups is 1. The minimum atomic E-state index is 0.00798. The minimum absolute atomic E-state index is 0.00798. The molecule has 0 radical (unpaired) electrons. The molecule has 3 rings (SSSR count). The van der Waals surface area contributed by atoms with Crippen molar-refractivity contribution in [3.63, 3.8) is 0 Å². The average Bonchev–Trinajstić information content (AvgIpc) is 2.84. The van der Waals surface area contributed by atoms with Crippen LogP contribution in [0, 0.1) is 6.92 Å². The van der Waals surface area contributed by atoms with Gasteiger partial charge in [0.25, 0.3) is 0 Å². The fourth-order valence-electron chi connectivity index (χ4n) is 2.03. The van der Waals surface area contributed by atoms with E-state index in [4.69, 9.17) is 9.52 Å². The maximum Gasteiger partial charge on any atom is 0.227 e. The number of aliphatic hydroxyl groups excluding tert-OH is 1. The quantitative estimate of drug-likeness (QED) is 0.775. The van der Waals surface area contributed by atoms with Crippen molar-refractivity contribution < 1.29 is 9.52 Å². The molecule has 96 valence electrons. The Balaban J connectivity index is 2.18. The maximum atomic E-state index is 9.14. The van der Waals surface area contributed by atoms with Crippen molar-refractivity contribution in [1.82, 2.24) is 4.98 Å².